The van der Waals surface area contributed by atoms with Gasteiger partial charge in [0.1, 0.15) is 11.4 Å². The number of para-hydroxylation sites is 1. The number of ether oxygens (including phenoxy) is 1. The van der Waals surface area contributed by atoms with Gasteiger partial charge >= 0.3 is 0 Å². The van der Waals surface area contributed by atoms with E-state index in [9.17, 15) is 10.1 Å². The van der Waals surface area contributed by atoms with Crippen LogP contribution < -0.4 is 10.1 Å². The Hall–Kier alpha value is -2.08. The van der Waals surface area contributed by atoms with Crippen molar-refractivity contribution < 1.29 is 9.66 Å². The van der Waals surface area contributed by atoms with E-state index in [0.717, 1.165) is 5.69 Å². The molecule has 1 N–H and O–H groups in total. The van der Waals surface area contributed by atoms with Crippen molar-refractivity contribution in [3.8, 4) is 5.75 Å². The van der Waals surface area contributed by atoms with E-state index in [4.69, 9.17) is 4.74 Å². The summed E-state index contributed by atoms with van der Waals surface area (Å²) in [6.45, 7) is 0. The number of nitro groups is 1. The average Bonchev–Trinajstić information content (AvgIpc) is 2.42. The molecular formula is C13H11BrN2O3. The summed E-state index contributed by atoms with van der Waals surface area (Å²) in [6, 6.07) is 12.2. The Morgan fingerprint density at radius 2 is 1.89 bits per heavy atom. The van der Waals surface area contributed by atoms with Gasteiger partial charge < -0.3 is 10.1 Å². The Morgan fingerprint density at radius 1 is 1.21 bits per heavy atom. The van der Waals surface area contributed by atoms with Gasteiger partial charge in [-0.25, -0.2) is 0 Å². The van der Waals surface area contributed by atoms with E-state index in [1.807, 2.05) is 30.3 Å². The number of nitrogens with zero attached hydrogens (tertiary/aromatic N) is 1. The second-order valence-corrected chi connectivity index (χ2v) is 4.52. The van der Waals surface area contributed by atoms with Crippen LogP contribution in [-0.4, -0.2) is 12.0 Å². The summed E-state index contributed by atoms with van der Waals surface area (Å²) in [5, 5.41) is 14.1. The van der Waals surface area contributed by atoms with Crippen molar-refractivity contribution >= 4 is 33.0 Å². The number of methoxy groups -OCH3 is 1. The number of benzene rings is 2. The first-order valence-corrected chi connectivity index (χ1v) is 6.25. The molecule has 2 rings (SSSR count). The minimum Gasteiger partial charge on any atom is -0.495 e. The first kappa shape index (κ1) is 13.4. The lowest BCUT2D eigenvalue weighted by atomic mass is 10.2. The monoisotopic (exact) mass is 322 g/mol. The zero-order valence-electron chi connectivity index (χ0n) is 10.1. The molecule has 19 heavy (non-hydrogen) atoms. The first-order chi connectivity index (χ1) is 9.13. The maximum absolute atomic E-state index is 11.1. The van der Waals surface area contributed by atoms with Crippen molar-refractivity contribution in [3.05, 3.63) is 57.1 Å². The Labute approximate surface area is 118 Å². The summed E-state index contributed by atoms with van der Waals surface area (Å²) in [7, 11) is 1.51. The van der Waals surface area contributed by atoms with Crippen LogP contribution in [0.3, 0.4) is 0 Å². The summed E-state index contributed by atoms with van der Waals surface area (Å²) < 4.78 is 5.67. The molecule has 6 heteroatoms. The molecule has 0 aromatic heterocycles. The number of hydrogen-bond donors (Lipinski definition) is 1. The highest BCUT2D eigenvalue weighted by Crippen LogP contribution is 2.40. The van der Waals surface area contributed by atoms with Crippen molar-refractivity contribution in [2.24, 2.45) is 0 Å². The van der Waals surface area contributed by atoms with Gasteiger partial charge in [0.15, 0.2) is 0 Å². The molecule has 0 heterocycles. The van der Waals surface area contributed by atoms with Crippen LogP contribution in [0.1, 0.15) is 0 Å². The predicted octanol–water partition coefficient (Wildman–Crippen LogP) is 4.11. The third kappa shape index (κ3) is 2.85. The highest BCUT2D eigenvalue weighted by Gasteiger charge is 2.20. The summed E-state index contributed by atoms with van der Waals surface area (Å²) in [4.78, 5) is 10.6. The molecule has 0 radical (unpaired) electrons. The topological polar surface area (TPSA) is 64.4 Å². The SMILES string of the molecule is COc1ccc([N+](=O)[O-])c(Nc2ccccc2)c1Br. The van der Waals surface area contributed by atoms with E-state index >= 15 is 0 Å². The molecule has 0 fully saturated rings. The zero-order chi connectivity index (χ0) is 13.8. The molecule has 0 atom stereocenters. The third-order valence-electron chi connectivity index (χ3n) is 2.54. The van der Waals surface area contributed by atoms with Gasteiger partial charge in [-0.2, -0.15) is 0 Å². The van der Waals surface area contributed by atoms with Crippen molar-refractivity contribution in [3.63, 3.8) is 0 Å². The van der Waals surface area contributed by atoms with E-state index in [0.29, 0.717) is 15.9 Å². The predicted molar refractivity (Wildman–Crippen MR) is 77.1 cm³/mol. The van der Waals surface area contributed by atoms with Gasteiger partial charge in [0, 0.05) is 11.8 Å². The molecule has 0 unspecified atom stereocenters. The molecule has 98 valence electrons. The Kier molecular flexibility index (Phi) is 4.01. The fraction of sp³-hybridized carbons (Fsp3) is 0.0769. The summed E-state index contributed by atoms with van der Waals surface area (Å²) >= 11 is 3.33. The molecule has 0 saturated heterocycles. The number of nitro benzene ring substituents is 1. The van der Waals surface area contributed by atoms with Crippen LogP contribution in [0.25, 0.3) is 0 Å². The second kappa shape index (κ2) is 5.71. The van der Waals surface area contributed by atoms with Gasteiger partial charge in [0.25, 0.3) is 5.69 Å². The fourth-order valence-corrected chi connectivity index (χ4v) is 2.24. The molecule has 0 aliphatic heterocycles. The number of rotatable bonds is 4. The van der Waals surface area contributed by atoms with Crippen LogP contribution >= 0.6 is 15.9 Å². The average molecular weight is 323 g/mol. The first-order valence-electron chi connectivity index (χ1n) is 5.46. The van der Waals surface area contributed by atoms with Crippen LogP contribution in [0.2, 0.25) is 0 Å². The molecule has 0 aliphatic carbocycles. The fourth-order valence-electron chi connectivity index (χ4n) is 1.64. The zero-order valence-corrected chi connectivity index (χ0v) is 11.7. The van der Waals surface area contributed by atoms with Crippen LogP contribution in [0.4, 0.5) is 17.1 Å². The number of nitrogens with one attached hydrogen (secondary N) is 1. The third-order valence-corrected chi connectivity index (χ3v) is 3.33. The van der Waals surface area contributed by atoms with Gasteiger partial charge in [0.05, 0.1) is 16.5 Å². The van der Waals surface area contributed by atoms with Gasteiger partial charge in [-0.05, 0) is 34.1 Å². The quantitative estimate of drug-likeness (QED) is 0.679. The molecule has 0 bridgehead atoms. The van der Waals surface area contributed by atoms with Crippen LogP contribution in [0.5, 0.6) is 5.75 Å². The largest absolute Gasteiger partial charge is 0.495 e. The number of hydrogen-bond acceptors (Lipinski definition) is 4. The minimum atomic E-state index is -0.435. The maximum Gasteiger partial charge on any atom is 0.294 e. The van der Waals surface area contributed by atoms with Gasteiger partial charge in [-0.3, -0.25) is 10.1 Å². The highest BCUT2D eigenvalue weighted by molar-refractivity contribution is 9.10. The Morgan fingerprint density at radius 3 is 2.47 bits per heavy atom. The van der Waals surface area contributed by atoms with Crippen molar-refractivity contribution in [1.82, 2.24) is 0 Å². The summed E-state index contributed by atoms with van der Waals surface area (Å²) in [6.07, 6.45) is 0. The summed E-state index contributed by atoms with van der Waals surface area (Å²) in [5.74, 6) is 0.532. The van der Waals surface area contributed by atoms with Crippen LogP contribution in [0, 0.1) is 10.1 Å². The Balaban J connectivity index is 2.50. The van der Waals surface area contributed by atoms with Gasteiger partial charge in [-0.1, -0.05) is 18.2 Å². The molecule has 0 spiro atoms. The minimum absolute atomic E-state index is 0.0171. The number of halogens is 1. The van der Waals surface area contributed by atoms with E-state index in [2.05, 4.69) is 21.2 Å². The van der Waals surface area contributed by atoms with E-state index < -0.39 is 4.92 Å². The lowest BCUT2D eigenvalue weighted by Gasteiger charge is -2.11. The number of anilines is 2. The van der Waals surface area contributed by atoms with Crippen molar-refractivity contribution in [2.45, 2.75) is 0 Å². The normalized spacial score (nSPS) is 10.0. The lowest BCUT2D eigenvalue weighted by Crippen LogP contribution is -1.99. The molecule has 5 nitrogen and oxygen atoms in total. The molecule has 0 saturated carbocycles. The standard InChI is InChI=1S/C13H11BrN2O3/c1-19-11-8-7-10(16(17)18)13(12(11)14)15-9-5-3-2-4-6-9/h2-8,15H,1H3. The smallest absolute Gasteiger partial charge is 0.294 e. The van der Waals surface area contributed by atoms with E-state index in [1.54, 1.807) is 6.07 Å². The van der Waals surface area contributed by atoms with Crippen molar-refractivity contribution in [1.29, 1.82) is 0 Å². The van der Waals surface area contributed by atoms with Gasteiger partial charge in [0.2, 0.25) is 0 Å². The van der Waals surface area contributed by atoms with Crippen LogP contribution in [-0.2, 0) is 0 Å². The van der Waals surface area contributed by atoms with E-state index in [-0.39, 0.29) is 5.69 Å². The molecule has 2 aromatic carbocycles. The molecule has 2 aromatic rings. The van der Waals surface area contributed by atoms with Gasteiger partial charge in [-0.15, -0.1) is 0 Å². The van der Waals surface area contributed by atoms with Crippen molar-refractivity contribution in [2.75, 3.05) is 12.4 Å². The molecule has 0 aliphatic rings. The van der Waals surface area contributed by atoms with Crippen LogP contribution in [0.15, 0.2) is 46.9 Å². The molecule has 0 amide bonds. The maximum atomic E-state index is 11.1. The second-order valence-electron chi connectivity index (χ2n) is 3.72. The Bertz CT molecular complexity index is 602. The van der Waals surface area contributed by atoms with E-state index in [1.165, 1.54) is 13.2 Å². The highest BCUT2D eigenvalue weighted by atomic mass is 79.9. The molecular weight excluding hydrogens is 312 g/mol. The lowest BCUT2D eigenvalue weighted by molar-refractivity contribution is -0.384. The summed E-state index contributed by atoms with van der Waals surface area (Å²) in [5.41, 5.74) is 1.12.